The largest absolute Gasteiger partial charge is 0.358 e. The number of hydrogen-bond donors (Lipinski definition) is 0. The number of benzene rings is 1. The van der Waals surface area contributed by atoms with Crippen molar-refractivity contribution in [3.63, 3.8) is 0 Å². The molecule has 0 aromatic heterocycles. The maximum absolute atomic E-state index is 13.7. The molecule has 4 aliphatic heterocycles. The molecule has 9 heteroatoms. The second kappa shape index (κ2) is 9.78. The highest BCUT2D eigenvalue weighted by Crippen LogP contribution is 2.40. The highest BCUT2D eigenvalue weighted by atomic mass is 16.7. The first kappa shape index (κ1) is 24.1. The van der Waals surface area contributed by atoms with Crippen LogP contribution in [0.5, 0.6) is 0 Å². The van der Waals surface area contributed by atoms with Crippen LogP contribution in [0.2, 0.25) is 0 Å². The van der Waals surface area contributed by atoms with E-state index in [4.69, 9.17) is 9.47 Å². The average molecular weight is 485 g/mol. The Morgan fingerprint density at radius 2 is 1.74 bits per heavy atom. The van der Waals surface area contributed by atoms with Crippen molar-refractivity contribution in [1.29, 1.82) is 0 Å². The van der Waals surface area contributed by atoms with E-state index in [1.54, 1.807) is 20.8 Å². The monoisotopic (exact) mass is 484 g/mol. The van der Waals surface area contributed by atoms with Gasteiger partial charge in [0.1, 0.15) is 12.6 Å². The van der Waals surface area contributed by atoms with Gasteiger partial charge >= 0.3 is 0 Å². The molecule has 0 aliphatic carbocycles. The van der Waals surface area contributed by atoms with E-state index in [0.717, 1.165) is 31.5 Å². The molecular formula is C26H36N4O5. The molecule has 0 saturated carbocycles. The number of fused-ring (bicyclic) bond motifs is 3. The highest BCUT2D eigenvalue weighted by Gasteiger charge is 2.43. The van der Waals surface area contributed by atoms with Gasteiger partial charge in [-0.3, -0.25) is 19.3 Å². The molecule has 0 N–H and O–H groups in total. The van der Waals surface area contributed by atoms with Crippen molar-refractivity contribution < 1.29 is 23.9 Å². The van der Waals surface area contributed by atoms with Gasteiger partial charge in [-0.25, -0.2) is 0 Å². The van der Waals surface area contributed by atoms with Gasteiger partial charge in [0, 0.05) is 51.1 Å². The van der Waals surface area contributed by atoms with E-state index >= 15 is 0 Å². The van der Waals surface area contributed by atoms with Crippen LogP contribution in [0.3, 0.4) is 0 Å². The Morgan fingerprint density at radius 3 is 2.43 bits per heavy atom. The first-order valence-electron chi connectivity index (χ1n) is 13.0. The molecule has 1 spiro atoms. The SMILES string of the molecule is CCN(CC)C(=O)c1ccc2c(c1)N(CC(=O)N1CCC3(CC1)OCCO3)C(=O)[C@@H]1CCCCN21. The number of rotatable bonds is 5. The van der Waals surface area contributed by atoms with Crippen molar-refractivity contribution in [2.75, 3.05) is 62.3 Å². The molecule has 1 aromatic rings. The first-order valence-corrected chi connectivity index (χ1v) is 13.0. The fraction of sp³-hybridized carbons (Fsp3) is 0.654. The fourth-order valence-electron chi connectivity index (χ4n) is 5.87. The summed E-state index contributed by atoms with van der Waals surface area (Å²) in [5, 5.41) is 0. The zero-order chi connectivity index (χ0) is 24.6. The molecular weight excluding hydrogens is 448 g/mol. The fourth-order valence-corrected chi connectivity index (χ4v) is 5.87. The van der Waals surface area contributed by atoms with Crippen LogP contribution in [0.25, 0.3) is 0 Å². The van der Waals surface area contributed by atoms with Gasteiger partial charge in [-0.15, -0.1) is 0 Å². The number of amides is 3. The molecule has 9 nitrogen and oxygen atoms in total. The van der Waals surface area contributed by atoms with Crippen molar-refractivity contribution in [2.24, 2.45) is 0 Å². The first-order chi connectivity index (χ1) is 17.0. The van der Waals surface area contributed by atoms with Crippen LogP contribution < -0.4 is 9.80 Å². The van der Waals surface area contributed by atoms with Crippen molar-refractivity contribution in [3.05, 3.63) is 23.8 Å². The third-order valence-electron chi connectivity index (χ3n) is 7.91. The van der Waals surface area contributed by atoms with Gasteiger partial charge in [0.2, 0.25) is 11.8 Å². The molecule has 0 bridgehead atoms. The van der Waals surface area contributed by atoms with E-state index in [2.05, 4.69) is 4.90 Å². The van der Waals surface area contributed by atoms with Crippen molar-refractivity contribution in [3.8, 4) is 0 Å². The van der Waals surface area contributed by atoms with Crippen LogP contribution in [0.15, 0.2) is 18.2 Å². The van der Waals surface area contributed by atoms with Crippen LogP contribution in [0.4, 0.5) is 11.4 Å². The molecule has 35 heavy (non-hydrogen) atoms. The topological polar surface area (TPSA) is 82.6 Å². The van der Waals surface area contributed by atoms with Gasteiger partial charge in [-0.2, -0.15) is 0 Å². The molecule has 3 fully saturated rings. The van der Waals surface area contributed by atoms with Gasteiger partial charge in [-0.1, -0.05) is 0 Å². The van der Waals surface area contributed by atoms with Crippen molar-refractivity contribution >= 4 is 29.1 Å². The lowest BCUT2D eigenvalue weighted by Crippen LogP contribution is -2.58. The number of anilines is 2. The number of hydrogen-bond acceptors (Lipinski definition) is 6. The predicted octanol–water partition coefficient (Wildman–Crippen LogP) is 2.24. The predicted molar refractivity (Wildman–Crippen MR) is 131 cm³/mol. The number of carbonyl (C=O) groups is 3. The molecule has 0 radical (unpaired) electrons. The summed E-state index contributed by atoms with van der Waals surface area (Å²) in [5.41, 5.74) is 2.14. The third kappa shape index (κ3) is 4.40. The Kier molecular flexibility index (Phi) is 6.72. The maximum Gasteiger partial charge on any atom is 0.253 e. The summed E-state index contributed by atoms with van der Waals surface area (Å²) in [6, 6.07) is 5.36. The lowest BCUT2D eigenvalue weighted by Gasteiger charge is -2.46. The summed E-state index contributed by atoms with van der Waals surface area (Å²) in [6.45, 7) is 8.22. The molecule has 190 valence electrons. The van der Waals surface area contributed by atoms with Crippen LogP contribution in [0.1, 0.15) is 56.3 Å². The highest BCUT2D eigenvalue weighted by molar-refractivity contribution is 6.09. The zero-order valence-corrected chi connectivity index (χ0v) is 20.8. The Morgan fingerprint density at radius 1 is 1.03 bits per heavy atom. The standard InChI is InChI=1S/C26H36N4O5/c1-3-27(4-2)24(32)19-8-9-20-22(17-19)30(25(33)21-7-5-6-12-29(20)21)18-23(31)28-13-10-26(11-14-28)34-15-16-35-26/h8-9,17,21H,3-7,10-16,18H2,1-2H3/t21-/m0/s1. The van der Waals surface area contributed by atoms with Gasteiger partial charge in [-0.05, 0) is 51.3 Å². The van der Waals surface area contributed by atoms with E-state index in [-0.39, 0.29) is 30.3 Å². The molecule has 4 heterocycles. The van der Waals surface area contributed by atoms with Gasteiger partial charge in [0.15, 0.2) is 5.79 Å². The van der Waals surface area contributed by atoms with Crippen LogP contribution >= 0.6 is 0 Å². The van der Waals surface area contributed by atoms with Gasteiger partial charge in [0.25, 0.3) is 5.91 Å². The summed E-state index contributed by atoms with van der Waals surface area (Å²) >= 11 is 0. The van der Waals surface area contributed by atoms with Gasteiger partial charge in [0.05, 0.1) is 24.6 Å². The summed E-state index contributed by atoms with van der Waals surface area (Å²) < 4.78 is 11.6. The van der Waals surface area contributed by atoms with Crippen LogP contribution in [-0.4, -0.2) is 91.8 Å². The van der Waals surface area contributed by atoms with E-state index in [0.29, 0.717) is 63.5 Å². The Labute approximate surface area is 206 Å². The summed E-state index contributed by atoms with van der Waals surface area (Å²) in [7, 11) is 0. The molecule has 4 aliphatic rings. The number of ether oxygens (including phenoxy) is 2. The lowest BCUT2D eigenvalue weighted by atomic mass is 9.95. The lowest BCUT2D eigenvalue weighted by molar-refractivity contribution is -0.187. The van der Waals surface area contributed by atoms with Crippen LogP contribution in [0, 0.1) is 0 Å². The number of carbonyl (C=O) groups excluding carboxylic acids is 3. The molecule has 1 atom stereocenters. The van der Waals surface area contributed by atoms with E-state index in [9.17, 15) is 14.4 Å². The second-order valence-corrected chi connectivity index (χ2v) is 9.80. The second-order valence-electron chi connectivity index (χ2n) is 9.80. The zero-order valence-electron chi connectivity index (χ0n) is 20.8. The van der Waals surface area contributed by atoms with Crippen LogP contribution in [-0.2, 0) is 19.1 Å². The van der Waals surface area contributed by atoms with E-state index < -0.39 is 5.79 Å². The average Bonchev–Trinajstić information content (AvgIpc) is 3.34. The molecule has 3 saturated heterocycles. The number of nitrogens with zero attached hydrogens (tertiary/aromatic N) is 4. The van der Waals surface area contributed by atoms with Crippen molar-refractivity contribution in [2.45, 2.75) is 57.8 Å². The van der Waals surface area contributed by atoms with Gasteiger partial charge < -0.3 is 24.2 Å². The summed E-state index contributed by atoms with van der Waals surface area (Å²) in [4.78, 5) is 47.4. The minimum atomic E-state index is -0.549. The summed E-state index contributed by atoms with van der Waals surface area (Å²) in [5.74, 6) is -0.738. The third-order valence-corrected chi connectivity index (χ3v) is 7.91. The number of likely N-dealkylation sites (tertiary alicyclic amines) is 1. The Bertz CT molecular complexity index is 978. The van der Waals surface area contributed by atoms with E-state index in [1.165, 1.54) is 0 Å². The van der Waals surface area contributed by atoms with E-state index in [1.807, 2.05) is 26.0 Å². The Balaban J connectivity index is 1.40. The normalized spacial score (nSPS) is 23.3. The minimum absolute atomic E-state index is 0.0200. The molecule has 1 aromatic carbocycles. The summed E-state index contributed by atoms with van der Waals surface area (Å²) in [6.07, 6.45) is 4.09. The van der Waals surface area contributed by atoms with Crippen molar-refractivity contribution in [1.82, 2.24) is 9.80 Å². The Hall–Kier alpha value is -2.65. The minimum Gasteiger partial charge on any atom is -0.358 e. The maximum atomic E-state index is 13.7. The molecule has 5 rings (SSSR count). The smallest absolute Gasteiger partial charge is 0.253 e. The number of piperidine rings is 2. The molecule has 3 amide bonds. The molecule has 0 unspecified atom stereocenters. The quantitative estimate of drug-likeness (QED) is 0.638.